The number of nitrogens with zero attached hydrogens (tertiary/aromatic N) is 2. The summed E-state index contributed by atoms with van der Waals surface area (Å²) in [7, 11) is 0. The Morgan fingerprint density at radius 3 is 2.57 bits per heavy atom. The van der Waals surface area contributed by atoms with Gasteiger partial charge in [0.05, 0.1) is 18.0 Å². The third kappa shape index (κ3) is 3.30. The number of hydrogen-bond acceptors (Lipinski definition) is 2. The van der Waals surface area contributed by atoms with Crippen LogP contribution >= 0.6 is 0 Å². The molecule has 0 N–H and O–H groups in total. The third-order valence-corrected chi connectivity index (χ3v) is 4.21. The van der Waals surface area contributed by atoms with Crippen molar-refractivity contribution in [2.24, 2.45) is 0 Å². The Balaban J connectivity index is 2.06. The molecular formula is C20H24N2O. The smallest absolute Gasteiger partial charge is 0.137 e. The second-order valence-electron chi connectivity index (χ2n) is 6.00. The van der Waals surface area contributed by atoms with Crippen LogP contribution in [0.3, 0.4) is 0 Å². The molecule has 1 aromatic carbocycles. The first-order valence-electron chi connectivity index (χ1n) is 8.32. The van der Waals surface area contributed by atoms with E-state index >= 15 is 0 Å². The predicted molar refractivity (Wildman–Crippen MR) is 94.9 cm³/mol. The zero-order chi connectivity index (χ0) is 16.2. The number of pyridine rings is 1. The molecule has 3 rings (SSSR count). The third-order valence-electron chi connectivity index (χ3n) is 4.21. The maximum atomic E-state index is 5.71. The second-order valence-corrected chi connectivity index (χ2v) is 6.00. The van der Waals surface area contributed by atoms with E-state index < -0.39 is 0 Å². The van der Waals surface area contributed by atoms with E-state index in [4.69, 9.17) is 9.72 Å². The average molecular weight is 308 g/mol. The van der Waals surface area contributed by atoms with E-state index in [1.54, 1.807) is 0 Å². The number of benzene rings is 1. The van der Waals surface area contributed by atoms with Gasteiger partial charge in [0.2, 0.25) is 0 Å². The first-order valence-corrected chi connectivity index (χ1v) is 8.32. The molecule has 0 aliphatic heterocycles. The van der Waals surface area contributed by atoms with Gasteiger partial charge in [-0.15, -0.1) is 0 Å². The van der Waals surface area contributed by atoms with E-state index in [2.05, 4.69) is 61.7 Å². The molecule has 2 aromatic heterocycles. The zero-order valence-corrected chi connectivity index (χ0v) is 14.2. The van der Waals surface area contributed by atoms with Gasteiger partial charge >= 0.3 is 0 Å². The van der Waals surface area contributed by atoms with Gasteiger partial charge in [0.15, 0.2) is 0 Å². The molecule has 3 aromatic rings. The van der Waals surface area contributed by atoms with Crippen molar-refractivity contribution in [2.45, 2.75) is 33.6 Å². The van der Waals surface area contributed by atoms with Gasteiger partial charge in [-0.25, -0.2) is 4.98 Å². The van der Waals surface area contributed by atoms with Crippen LogP contribution in [0.5, 0.6) is 0 Å². The van der Waals surface area contributed by atoms with Crippen molar-refractivity contribution in [3.05, 3.63) is 59.4 Å². The number of hydrogen-bond donors (Lipinski definition) is 0. The maximum absolute atomic E-state index is 5.71. The van der Waals surface area contributed by atoms with E-state index in [-0.39, 0.29) is 0 Å². The minimum absolute atomic E-state index is 0.731. The van der Waals surface area contributed by atoms with Crippen molar-refractivity contribution in [1.82, 2.24) is 9.38 Å². The molecule has 0 aliphatic carbocycles. The summed E-state index contributed by atoms with van der Waals surface area (Å²) in [6.45, 7) is 7.96. The lowest BCUT2D eigenvalue weighted by Crippen LogP contribution is -2.04. The molecule has 0 amide bonds. The fourth-order valence-corrected chi connectivity index (χ4v) is 2.82. The van der Waals surface area contributed by atoms with Crippen molar-refractivity contribution in [1.29, 1.82) is 0 Å². The standard InChI is InChI=1S/C20H24N2O/c1-4-11-23-12-10-18-20(17-8-6-5-7-9-17)21-19-13-15(2)16(3)14-22(18)19/h5-9,13-14H,4,10-12H2,1-3H3. The molecule has 3 heteroatoms. The fourth-order valence-electron chi connectivity index (χ4n) is 2.82. The average Bonchev–Trinajstić information content (AvgIpc) is 2.91. The summed E-state index contributed by atoms with van der Waals surface area (Å²) in [5.74, 6) is 0. The van der Waals surface area contributed by atoms with Gasteiger partial charge in [-0.05, 0) is 37.5 Å². The van der Waals surface area contributed by atoms with Crippen LogP contribution in [0.2, 0.25) is 0 Å². The van der Waals surface area contributed by atoms with Crippen molar-refractivity contribution in [3.63, 3.8) is 0 Å². The largest absolute Gasteiger partial charge is 0.381 e. The number of aryl methyl sites for hydroxylation is 2. The van der Waals surface area contributed by atoms with Crippen molar-refractivity contribution in [2.75, 3.05) is 13.2 Å². The molecule has 120 valence electrons. The van der Waals surface area contributed by atoms with E-state index in [9.17, 15) is 0 Å². The summed E-state index contributed by atoms with van der Waals surface area (Å²) in [6.07, 6.45) is 4.12. The fraction of sp³-hybridized carbons (Fsp3) is 0.350. The van der Waals surface area contributed by atoms with E-state index in [1.807, 2.05) is 6.07 Å². The van der Waals surface area contributed by atoms with Gasteiger partial charge in [-0.1, -0.05) is 37.3 Å². The molecule has 0 saturated heterocycles. The van der Waals surface area contributed by atoms with Gasteiger partial charge in [0, 0.05) is 24.8 Å². The highest BCUT2D eigenvalue weighted by Gasteiger charge is 2.14. The number of aromatic nitrogens is 2. The monoisotopic (exact) mass is 308 g/mol. The van der Waals surface area contributed by atoms with Gasteiger partial charge < -0.3 is 9.14 Å². The van der Waals surface area contributed by atoms with E-state index in [0.29, 0.717) is 0 Å². The number of ether oxygens (including phenoxy) is 1. The summed E-state index contributed by atoms with van der Waals surface area (Å²) in [4.78, 5) is 4.89. The maximum Gasteiger partial charge on any atom is 0.137 e. The van der Waals surface area contributed by atoms with Gasteiger partial charge in [0.25, 0.3) is 0 Å². The Kier molecular flexibility index (Phi) is 4.77. The van der Waals surface area contributed by atoms with E-state index in [0.717, 1.165) is 43.0 Å². The Labute approximate surface area is 137 Å². The van der Waals surface area contributed by atoms with Crippen LogP contribution in [0.1, 0.15) is 30.2 Å². The molecular weight excluding hydrogens is 284 g/mol. The molecule has 0 aliphatic rings. The molecule has 0 spiro atoms. The lowest BCUT2D eigenvalue weighted by Gasteiger charge is -2.08. The van der Waals surface area contributed by atoms with Crippen LogP contribution in [-0.4, -0.2) is 22.6 Å². The van der Waals surface area contributed by atoms with Crippen molar-refractivity contribution in [3.8, 4) is 11.3 Å². The number of rotatable bonds is 6. The minimum atomic E-state index is 0.731. The Bertz CT molecular complexity index is 790. The second kappa shape index (κ2) is 6.97. The van der Waals surface area contributed by atoms with E-state index in [1.165, 1.54) is 16.8 Å². The Morgan fingerprint density at radius 1 is 1.04 bits per heavy atom. The number of imidazole rings is 1. The highest BCUT2D eigenvalue weighted by atomic mass is 16.5. The van der Waals surface area contributed by atoms with Crippen LogP contribution in [0.25, 0.3) is 16.9 Å². The quantitative estimate of drug-likeness (QED) is 0.623. The topological polar surface area (TPSA) is 26.5 Å². The molecule has 0 fully saturated rings. The first-order chi connectivity index (χ1) is 11.2. The molecule has 0 unspecified atom stereocenters. The van der Waals surface area contributed by atoms with Crippen LogP contribution in [0.15, 0.2) is 42.6 Å². The van der Waals surface area contributed by atoms with Crippen LogP contribution in [0.4, 0.5) is 0 Å². The SMILES string of the molecule is CCCOCCc1c(-c2ccccc2)nc2cc(C)c(C)cn12. The minimum Gasteiger partial charge on any atom is -0.381 e. The van der Waals surface area contributed by atoms with Crippen molar-refractivity contribution >= 4 is 5.65 Å². The summed E-state index contributed by atoms with van der Waals surface area (Å²) < 4.78 is 7.93. The molecule has 3 nitrogen and oxygen atoms in total. The molecule has 23 heavy (non-hydrogen) atoms. The Morgan fingerprint density at radius 2 is 1.83 bits per heavy atom. The zero-order valence-electron chi connectivity index (χ0n) is 14.2. The summed E-state index contributed by atoms with van der Waals surface area (Å²) >= 11 is 0. The lowest BCUT2D eigenvalue weighted by molar-refractivity contribution is 0.137. The Hall–Kier alpha value is -2.13. The van der Waals surface area contributed by atoms with Gasteiger partial charge in [0.1, 0.15) is 5.65 Å². The summed E-state index contributed by atoms with van der Waals surface area (Å²) in [5, 5.41) is 0. The molecule has 2 heterocycles. The lowest BCUT2D eigenvalue weighted by atomic mass is 10.1. The first kappa shape index (κ1) is 15.8. The van der Waals surface area contributed by atoms with Crippen molar-refractivity contribution < 1.29 is 4.74 Å². The predicted octanol–water partition coefficient (Wildman–Crippen LogP) is 4.59. The van der Waals surface area contributed by atoms with Gasteiger partial charge in [-0.2, -0.15) is 0 Å². The highest BCUT2D eigenvalue weighted by Crippen LogP contribution is 2.26. The molecule has 0 saturated carbocycles. The van der Waals surface area contributed by atoms with Crippen LogP contribution in [0, 0.1) is 13.8 Å². The molecule has 0 atom stereocenters. The normalized spacial score (nSPS) is 11.3. The van der Waals surface area contributed by atoms with Gasteiger partial charge in [-0.3, -0.25) is 0 Å². The molecule has 0 bridgehead atoms. The highest BCUT2D eigenvalue weighted by molar-refractivity contribution is 5.67. The summed E-state index contributed by atoms with van der Waals surface area (Å²) in [6, 6.07) is 12.6. The number of fused-ring (bicyclic) bond motifs is 1. The molecule has 0 radical (unpaired) electrons. The van der Waals surface area contributed by atoms with Crippen LogP contribution in [-0.2, 0) is 11.2 Å². The summed E-state index contributed by atoms with van der Waals surface area (Å²) in [5.41, 5.74) is 7.02. The van der Waals surface area contributed by atoms with Crippen LogP contribution < -0.4 is 0 Å².